The van der Waals surface area contributed by atoms with Crippen LogP contribution in [0.15, 0.2) is 47.4 Å². The molecule has 1 spiro atoms. The van der Waals surface area contributed by atoms with E-state index in [4.69, 9.17) is 16.3 Å². The summed E-state index contributed by atoms with van der Waals surface area (Å²) in [6, 6.07) is 12.7. The monoisotopic (exact) mass is 630 g/mol. The van der Waals surface area contributed by atoms with Gasteiger partial charge < -0.3 is 24.4 Å². The molecule has 1 heterocycles. The Kier molecular flexibility index (Phi) is 15.2. The van der Waals surface area contributed by atoms with Crippen molar-refractivity contribution in [2.24, 2.45) is 5.41 Å². The molecule has 1 amide bonds. The lowest BCUT2D eigenvalue weighted by Gasteiger charge is -2.45. The van der Waals surface area contributed by atoms with Crippen molar-refractivity contribution in [1.29, 1.82) is 0 Å². The van der Waals surface area contributed by atoms with Gasteiger partial charge in [-0.05, 0) is 107 Å². The predicted molar refractivity (Wildman–Crippen MR) is 162 cm³/mol. The Morgan fingerprint density at radius 2 is 1.76 bits per heavy atom. The Bertz CT molecular complexity index is 1120. The van der Waals surface area contributed by atoms with E-state index in [9.17, 15) is 27.9 Å². The number of benzene rings is 2. The Morgan fingerprint density at radius 3 is 2.29 bits per heavy atom. The number of aldehydes is 1. The maximum atomic E-state index is 12.1. The van der Waals surface area contributed by atoms with E-state index in [-0.39, 0.29) is 5.91 Å². The summed E-state index contributed by atoms with van der Waals surface area (Å²) in [5.41, 5.74) is 1.76. The van der Waals surface area contributed by atoms with Crippen LogP contribution in [-0.2, 0) is 4.79 Å². The van der Waals surface area contributed by atoms with Crippen LogP contribution in [0.25, 0.3) is 0 Å². The van der Waals surface area contributed by atoms with Gasteiger partial charge in [0, 0.05) is 24.2 Å². The Balaban J connectivity index is 0.000000303. The number of ether oxygens (including phenoxy) is 1. The molecule has 2 aliphatic rings. The van der Waals surface area contributed by atoms with Crippen molar-refractivity contribution >= 4 is 35.6 Å². The van der Waals surface area contributed by atoms with Crippen LogP contribution < -0.4 is 4.74 Å². The van der Waals surface area contributed by atoms with Crippen LogP contribution in [0.4, 0.5) is 13.2 Å². The maximum absolute atomic E-state index is 12.1. The van der Waals surface area contributed by atoms with Gasteiger partial charge in [0.25, 0.3) is 5.91 Å². The molecular formula is C31H42ClF3N2O4S. The van der Waals surface area contributed by atoms with Crippen molar-refractivity contribution in [2.45, 2.75) is 68.4 Å². The van der Waals surface area contributed by atoms with E-state index in [0.717, 1.165) is 0 Å². The molecule has 1 atom stereocenters. The molecule has 42 heavy (non-hydrogen) atoms. The molecule has 2 fully saturated rings. The van der Waals surface area contributed by atoms with Crippen molar-refractivity contribution in [3.05, 3.63) is 58.6 Å². The first kappa shape index (κ1) is 35.9. The summed E-state index contributed by atoms with van der Waals surface area (Å²) in [7, 11) is 5.74. The molecule has 1 saturated heterocycles. The van der Waals surface area contributed by atoms with Gasteiger partial charge in [-0.3, -0.25) is 4.79 Å². The number of hydrogen-bond acceptors (Lipinski definition) is 6. The number of halogens is 4. The summed E-state index contributed by atoms with van der Waals surface area (Å²) in [6.07, 6.45) is 7.50. The van der Waals surface area contributed by atoms with Gasteiger partial charge in [0.1, 0.15) is 11.9 Å². The smallest absolute Gasteiger partial charge is 0.379 e. The lowest BCUT2D eigenvalue weighted by molar-refractivity contribution is -0.115. The summed E-state index contributed by atoms with van der Waals surface area (Å²) < 4.78 is 34.2. The van der Waals surface area contributed by atoms with Gasteiger partial charge in [0.15, 0.2) is 6.29 Å². The van der Waals surface area contributed by atoms with Crippen molar-refractivity contribution in [1.82, 2.24) is 9.80 Å². The fourth-order valence-electron chi connectivity index (χ4n) is 5.12. The molecule has 1 aliphatic heterocycles. The minimum Gasteiger partial charge on any atom is -0.494 e. The molecule has 11 heteroatoms. The molecule has 1 saturated carbocycles. The number of likely N-dealkylation sites (tertiary alicyclic amines) is 1. The minimum atomic E-state index is -3.67. The largest absolute Gasteiger partial charge is 0.494 e. The van der Waals surface area contributed by atoms with Crippen LogP contribution in [-0.4, -0.2) is 79.9 Å². The van der Waals surface area contributed by atoms with Crippen LogP contribution in [0.2, 0.25) is 5.02 Å². The highest BCUT2D eigenvalue weighted by Gasteiger charge is 2.37. The van der Waals surface area contributed by atoms with Gasteiger partial charge >= 0.3 is 6.68 Å². The summed E-state index contributed by atoms with van der Waals surface area (Å²) in [4.78, 5) is 27.6. The topological polar surface area (TPSA) is 70.1 Å². The second-order valence-corrected chi connectivity index (χ2v) is 12.6. The van der Waals surface area contributed by atoms with Gasteiger partial charge in [-0.15, -0.1) is 11.8 Å². The molecule has 1 aliphatic carbocycles. The number of aliphatic hydroxyl groups is 1. The van der Waals surface area contributed by atoms with Crippen LogP contribution in [0.5, 0.6) is 5.75 Å². The van der Waals surface area contributed by atoms with Crippen LogP contribution in [0.1, 0.15) is 67.5 Å². The van der Waals surface area contributed by atoms with E-state index in [1.54, 1.807) is 43.3 Å². The fraction of sp³-hybridized carbons (Fsp3) is 0.548. The zero-order valence-electron chi connectivity index (χ0n) is 24.7. The lowest BCUT2D eigenvalue weighted by atomic mass is 9.68. The molecule has 0 aromatic heterocycles. The highest BCUT2D eigenvalue weighted by molar-refractivity contribution is 8.00. The fourth-order valence-corrected chi connectivity index (χ4v) is 6.64. The third-order valence-corrected chi connectivity index (χ3v) is 9.20. The number of nitrogens with zero attached hydrogens (tertiary/aromatic N) is 2. The van der Waals surface area contributed by atoms with E-state index in [2.05, 4.69) is 11.9 Å². The van der Waals surface area contributed by atoms with Crippen molar-refractivity contribution in [3.8, 4) is 5.75 Å². The number of carbonyl (C=O) groups excluding carboxylic acids is 2. The summed E-state index contributed by atoms with van der Waals surface area (Å²) >= 11 is 8.29. The standard InChI is InChI=1S/C20H29ClN2OS.C10H12O3.CHF3/c1-22(2)19(24)17-5-4-16(14-18(17)21)25-15-6-8-20(9-7-15)10-12-23(3)13-11-20;1-2-13-9-5-3-4-8(6-9)10(12)7-11;2-1(3)4/h4-5,14-15H,6-13H2,1-3H3;3-7,10,12H,2H2,1H3;1H. The normalized spacial score (nSPS) is 17.4. The molecule has 4 rings (SSSR count). The number of thioether (sulfide) groups is 1. The van der Waals surface area contributed by atoms with E-state index < -0.39 is 12.8 Å². The van der Waals surface area contributed by atoms with Crippen LogP contribution in [0.3, 0.4) is 0 Å². The van der Waals surface area contributed by atoms with E-state index in [1.807, 2.05) is 36.9 Å². The number of aliphatic hydroxyl groups excluding tert-OH is 1. The predicted octanol–water partition coefficient (Wildman–Crippen LogP) is 7.28. The first-order valence-electron chi connectivity index (χ1n) is 14.0. The van der Waals surface area contributed by atoms with Gasteiger partial charge in [-0.1, -0.05) is 23.7 Å². The van der Waals surface area contributed by atoms with Gasteiger partial charge in [0.2, 0.25) is 0 Å². The molecule has 2 aromatic carbocycles. The number of carbonyl (C=O) groups is 2. The second-order valence-electron chi connectivity index (χ2n) is 10.8. The van der Waals surface area contributed by atoms with Crippen molar-refractivity contribution < 1.29 is 32.6 Å². The van der Waals surface area contributed by atoms with Gasteiger partial charge in [0.05, 0.1) is 17.2 Å². The zero-order chi connectivity index (χ0) is 31.3. The number of alkyl halides is 3. The Morgan fingerprint density at radius 1 is 1.14 bits per heavy atom. The number of hydrogen-bond donors (Lipinski definition) is 1. The van der Waals surface area contributed by atoms with Crippen molar-refractivity contribution in [3.63, 3.8) is 0 Å². The molecule has 1 N–H and O–H groups in total. The number of rotatable bonds is 7. The van der Waals surface area contributed by atoms with Gasteiger partial charge in [-0.2, -0.15) is 13.2 Å². The number of piperidine rings is 1. The second kappa shape index (κ2) is 17.8. The third kappa shape index (κ3) is 11.8. The maximum Gasteiger partial charge on any atom is 0.379 e. The lowest BCUT2D eigenvalue weighted by Crippen LogP contribution is -2.40. The highest BCUT2D eigenvalue weighted by Crippen LogP contribution is 2.48. The quantitative estimate of drug-likeness (QED) is 0.324. The van der Waals surface area contributed by atoms with Crippen molar-refractivity contribution in [2.75, 3.05) is 40.8 Å². The molecule has 6 nitrogen and oxygen atoms in total. The Hall–Kier alpha value is -2.27. The van der Waals surface area contributed by atoms with E-state index >= 15 is 0 Å². The average Bonchev–Trinajstić information content (AvgIpc) is 2.96. The van der Waals surface area contributed by atoms with Crippen LogP contribution >= 0.6 is 23.4 Å². The molecule has 0 bridgehead atoms. The number of amides is 1. The average molecular weight is 631 g/mol. The Labute approximate surface area is 256 Å². The SMILES string of the molecule is CCOc1cccc(C(O)C=O)c1.CN1CCC2(CCC(Sc3ccc(C(=O)N(C)C)c(Cl)c3)CC2)CC1.FC(F)F. The van der Waals surface area contributed by atoms with Crippen LogP contribution in [0, 0.1) is 5.41 Å². The molecule has 0 radical (unpaired) electrons. The molecular weight excluding hydrogens is 589 g/mol. The minimum absolute atomic E-state index is 0.0385. The molecule has 1 unspecified atom stereocenters. The first-order valence-corrected chi connectivity index (χ1v) is 15.3. The van der Waals surface area contributed by atoms with Gasteiger partial charge in [-0.25, -0.2) is 0 Å². The zero-order valence-corrected chi connectivity index (χ0v) is 26.3. The summed E-state index contributed by atoms with van der Waals surface area (Å²) in [6.45, 7) is 1.30. The molecule has 234 valence electrons. The van der Waals surface area contributed by atoms with E-state index in [1.165, 1.54) is 56.5 Å². The van der Waals surface area contributed by atoms with E-state index in [0.29, 0.717) is 45.5 Å². The highest BCUT2D eigenvalue weighted by atomic mass is 35.5. The summed E-state index contributed by atoms with van der Waals surface area (Å²) in [5.74, 6) is 0.629. The molecule has 2 aromatic rings. The third-order valence-electron chi connectivity index (χ3n) is 7.56. The first-order chi connectivity index (χ1) is 19.9. The summed E-state index contributed by atoms with van der Waals surface area (Å²) in [5, 5.41) is 10.4.